The van der Waals surface area contributed by atoms with Crippen LogP contribution in [0.25, 0.3) is 0 Å². The van der Waals surface area contributed by atoms with Crippen LogP contribution in [-0.4, -0.2) is 27.0 Å². The number of carbonyl (C=O) groups is 2. The molecular weight excluding hydrogens is 366 g/mol. The third-order valence-electron chi connectivity index (χ3n) is 4.31. The maximum atomic E-state index is 13.0. The smallest absolute Gasteiger partial charge is 0.296 e. The molecule has 1 aliphatic heterocycles. The van der Waals surface area contributed by atoms with Crippen molar-refractivity contribution >= 4 is 28.2 Å². The van der Waals surface area contributed by atoms with Crippen LogP contribution in [0.15, 0.2) is 58.4 Å². The first-order valence-corrected chi connectivity index (χ1v) is 9.00. The molecule has 136 valence electrons. The number of aryl methyl sites for hydroxylation is 2. The molecule has 0 saturated heterocycles. The summed E-state index contributed by atoms with van der Waals surface area (Å²) in [6.07, 6.45) is 1.37. The van der Waals surface area contributed by atoms with Gasteiger partial charge in [-0.3, -0.25) is 14.5 Å². The molecule has 4 rings (SSSR count). The number of amides is 1. The van der Waals surface area contributed by atoms with Gasteiger partial charge in [-0.05, 0) is 31.5 Å². The predicted octanol–water partition coefficient (Wildman–Crippen LogP) is 3.53. The Bertz CT molecular complexity index is 1050. The van der Waals surface area contributed by atoms with Crippen LogP contribution in [0.1, 0.15) is 32.7 Å². The fraction of sp³-hybridized carbons (Fsp3) is 0.158. The largest absolute Gasteiger partial charge is 0.503 e. The van der Waals surface area contributed by atoms with Crippen LogP contribution in [0.4, 0.5) is 5.13 Å². The van der Waals surface area contributed by atoms with Gasteiger partial charge in [0.05, 0.1) is 17.9 Å². The molecule has 0 radical (unpaired) electrons. The van der Waals surface area contributed by atoms with Gasteiger partial charge < -0.3 is 9.52 Å². The molecule has 1 atom stereocenters. The van der Waals surface area contributed by atoms with E-state index >= 15 is 0 Å². The summed E-state index contributed by atoms with van der Waals surface area (Å²) < 4.78 is 5.19. The highest BCUT2D eigenvalue weighted by molar-refractivity contribution is 7.15. The zero-order chi connectivity index (χ0) is 19.1. The van der Waals surface area contributed by atoms with Crippen LogP contribution in [0.5, 0.6) is 0 Å². The van der Waals surface area contributed by atoms with E-state index in [4.69, 9.17) is 4.42 Å². The number of Topliss-reactive ketones (excluding diaryl/α,β-unsaturated/α-hetero) is 1. The van der Waals surface area contributed by atoms with Crippen LogP contribution in [0, 0.1) is 13.8 Å². The van der Waals surface area contributed by atoms with E-state index in [-0.39, 0.29) is 11.3 Å². The molecule has 7 nitrogen and oxygen atoms in total. The minimum absolute atomic E-state index is 0.0355. The third kappa shape index (κ3) is 2.83. The summed E-state index contributed by atoms with van der Waals surface area (Å²) in [4.78, 5) is 27.1. The van der Waals surface area contributed by atoms with Crippen LogP contribution >= 0.6 is 11.3 Å². The van der Waals surface area contributed by atoms with Crippen molar-refractivity contribution < 1.29 is 19.1 Å². The summed E-state index contributed by atoms with van der Waals surface area (Å²) >= 11 is 1.21. The van der Waals surface area contributed by atoms with Gasteiger partial charge in [-0.25, -0.2) is 0 Å². The summed E-state index contributed by atoms with van der Waals surface area (Å²) in [7, 11) is 0. The van der Waals surface area contributed by atoms with Gasteiger partial charge in [-0.2, -0.15) is 0 Å². The maximum absolute atomic E-state index is 13.0. The standard InChI is InChI=1S/C19H15N3O4S/c1-10-5-7-12(8-6-10)15-14(16(23)13-4-3-9-26-13)17(24)18(25)22(15)19-21-20-11(2)27-19/h3-9,15,24H,1-2H3/t15-/m1/s1. The van der Waals surface area contributed by atoms with Crippen LogP contribution in [0.3, 0.4) is 0 Å². The predicted molar refractivity (Wildman–Crippen MR) is 98.7 cm³/mol. The van der Waals surface area contributed by atoms with Crippen molar-refractivity contribution in [2.75, 3.05) is 4.90 Å². The minimum Gasteiger partial charge on any atom is -0.503 e. The van der Waals surface area contributed by atoms with Gasteiger partial charge in [0, 0.05) is 0 Å². The molecule has 27 heavy (non-hydrogen) atoms. The van der Waals surface area contributed by atoms with E-state index in [1.54, 1.807) is 13.0 Å². The fourth-order valence-electron chi connectivity index (χ4n) is 3.02. The number of benzene rings is 1. The molecule has 3 heterocycles. The van der Waals surface area contributed by atoms with Gasteiger partial charge >= 0.3 is 0 Å². The van der Waals surface area contributed by atoms with Gasteiger partial charge in [0.15, 0.2) is 11.5 Å². The fourth-order valence-corrected chi connectivity index (χ4v) is 3.74. The number of aliphatic hydroxyl groups excluding tert-OH is 1. The van der Waals surface area contributed by atoms with E-state index in [9.17, 15) is 14.7 Å². The molecule has 8 heteroatoms. The quantitative estimate of drug-likeness (QED) is 0.695. The highest BCUT2D eigenvalue weighted by Gasteiger charge is 2.46. The number of anilines is 1. The lowest BCUT2D eigenvalue weighted by Crippen LogP contribution is -2.31. The first-order valence-electron chi connectivity index (χ1n) is 8.19. The summed E-state index contributed by atoms with van der Waals surface area (Å²) in [6, 6.07) is 9.67. The van der Waals surface area contributed by atoms with Crippen LogP contribution < -0.4 is 4.90 Å². The zero-order valence-corrected chi connectivity index (χ0v) is 15.4. The average Bonchev–Trinajstić information content (AvgIpc) is 3.37. The van der Waals surface area contributed by atoms with Crippen LogP contribution in [0.2, 0.25) is 0 Å². The van der Waals surface area contributed by atoms with Gasteiger partial charge in [-0.15, -0.1) is 10.2 Å². The Balaban J connectivity index is 1.88. The second-order valence-electron chi connectivity index (χ2n) is 6.16. The Kier molecular flexibility index (Phi) is 4.12. The molecule has 1 aliphatic rings. The first-order chi connectivity index (χ1) is 13.0. The number of furan rings is 1. The SMILES string of the molecule is Cc1ccc([C@@H]2C(C(=O)c3ccco3)=C(O)C(=O)N2c2nnc(C)s2)cc1. The third-order valence-corrected chi connectivity index (χ3v) is 5.15. The lowest BCUT2D eigenvalue weighted by Gasteiger charge is -2.23. The molecule has 2 aromatic heterocycles. The van der Waals surface area contributed by atoms with Crippen molar-refractivity contribution in [2.45, 2.75) is 19.9 Å². The molecule has 0 fully saturated rings. The van der Waals surface area contributed by atoms with Crippen molar-refractivity contribution in [1.29, 1.82) is 0 Å². The number of carbonyl (C=O) groups excluding carboxylic acids is 2. The number of rotatable bonds is 4. The van der Waals surface area contributed by atoms with Crippen molar-refractivity contribution in [3.63, 3.8) is 0 Å². The van der Waals surface area contributed by atoms with E-state index in [0.717, 1.165) is 5.56 Å². The maximum Gasteiger partial charge on any atom is 0.296 e. The molecule has 1 aromatic carbocycles. The van der Waals surface area contributed by atoms with E-state index in [2.05, 4.69) is 10.2 Å². The Morgan fingerprint density at radius 1 is 1.19 bits per heavy atom. The number of ketones is 1. The lowest BCUT2D eigenvalue weighted by atomic mass is 9.95. The second kappa shape index (κ2) is 6.48. The number of hydrogen-bond acceptors (Lipinski definition) is 7. The van der Waals surface area contributed by atoms with Crippen molar-refractivity contribution in [2.24, 2.45) is 0 Å². The Morgan fingerprint density at radius 2 is 1.93 bits per heavy atom. The number of nitrogens with zero attached hydrogens (tertiary/aromatic N) is 3. The highest BCUT2D eigenvalue weighted by atomic mass is 32.1. The van der Waals surface area contributed by atoms with E-state index in [1.165, 1.54) is 28.6 Å². The summed E-state index contributed by atoms with van der Waals surface area (Å²) in [5.74, 6) is -1.78. The Hall–Kier alpha value is -3.26. The Labute approximate surface area is 158 Å². The van der Waals surface area contributed by atoms with Gasteiger partial charge in [-0.1, -0.05) is 41.2 Å². The van der Waals surface area contributed by atoms with E-state index < -0.39 is 23.5 Å². The highest BCUT2D eigenvalue weighted by Crippen LogP contribution is 2.42. The summed E-state index contributed by atoms with van der Waals surface area (Å²) in [5.41, 5.74) is 1.68. The summed E-state index contributed by atoms with van der Waals surface area (Å²) in [6.45, 7) is 3.71. The monoisotopic (exact) mass is 381 g/mol. The van der Waals surface area contributed by atoms with E-state index in [1.807, 2.05) is 31.2 Å². The normalized spacial score (nSPS) is 17.0. The molecule has 0 unspecified atom stereocenters. The molecular formula is C19H15N3O4S. The first kappa shape index (κ1) is 17.2. The number of aromatic nitrogens is 2. The number of aliphatic hydroxyl groups is 1. The lowest BCUT2D eigenvalue weighted by molar-refractivity contribution is -0.117. The molecule has 0 spiro atoms. The molecule has 3 aromatic rings. The molecule has 0 saturated carbocycles. The molecule has 1 amide bonds. The molecule has 1 N–H and O–H groups in total. The minimum atomic E-state index is -0.817. The average molecular weight is 381 g/mol. The second-order valence-corrected chi connectivity index (χ2v) is 7.32. The van der Waals surface area contributed by atoms with Gasteiger partial charge in [0.25, 0.3) is 5.91 Å². The van der Waals surface area contributed by atoms with Crippen molar-refractivity contribution in [3.8, 4) is 0 Å². The molecule has 0 aliphatic carbocycles. The zero-order valence-electron chi connectivity index (χ0n) is 14.5. The van der Waals surface area contributed by atoms with E-state index in [0.29, 0.717) is 15.7 Å². The number of hydrogen-bond donors (Lipinski definition) is 1. The van der Waals surface area contributed by atoms with Crippen molar-refractivity contribution in [3.05, 3.63) is 75.9 Å². The summed E-state index contributed by atoms with van der Waals surface area (Å²) in [5, 5.41) is 19.5. The Morgan fingerprint density at radius 3 is 2.52 bits per heavy atom. The van der Waals surface area contributed by atoms with Crippen LogP contribution in [-0.2, 0) is 4.79 Å². The molecule has 0 bridgehead atoms. The van der Waals surface area contributed by atoms with Gasteiger partial charge in [0.1, 0.15) is 5.01 Å². The van der Waals surface area contributed by atoms with Gasteiger partial charge in [0.2, 0.25) is 10.9 Å². The topological polar surface area (TPSA) is 96.5 Å². The van der Waals surface area contributed by atoms with Crippen molar-refractivity contribution in [1.82, 2.24) is 10.2 Å².